The summed E-state index contributed by atoms with van der Waals surface area (Å²) in [6.45, 7) is 5.39. The van der Waals surface area contributed by atoms with Gasteiger partial charge in [0, 0.05) is 22.0 Å². The first-order valence-electron chi connectivity index (χ1n) is 9.10. The van der Waals surface area contributed by atoms with Crippen LogP contribution in [0.3, 0.4) is 0 Å². The van der Waals surface area contributed by atoms with E-state index in [0.717, 1.165) is 28.2 Å². The maximum Gasteiger partial charge on any atom is 0.254 e. The minimum atomic E-state index is -3.73. The molecule has 7 heteroatoms. The molecule has 0 bridgehead atoms. The van der Waals surface area contributed by atoms with E-state index in [1.165, 1.54) is 7.11 Å². The molecule has 0 fully saturated rings. The van der Waals surface area contributed by atoms with Gasteiger partial charge in [0.15, 0.2) is 9.96 Å². The Labute approximate surface area is 176 Å². The number of rotatable bonds is 6. The minimum absolute atomic E-state index is 0.120. The Balaban J connectivity index is 2.14. The van der Waals surface area contributed by atoms with Crippen LogP contribution in [-0.2, 0) is 10.0 Å². The lowest BCUT2D eigenvalue weighted by Crippen LogP contribution is -2.40. The molecule has 1 heterocycles. The summed E-state index contributed by atoms with van der Waals surface area (Å²) in [7, 11) is -2.27. The SMILES string of the molecule is COc1c(N=C(c2ccccc2)c2ccccc2)csc1S(=O)(=O)NC(C)(C)C. The number of benzene rings is 2. The molecular formula is C22H24N2O3S2. The van der Waals surface area contributed by atoms with Crippen LogP contribution in [0, 0.1) is 0 Å². The molecule has 0 saturated heterocycles. The highest BCUT2D eigenvalue weighted by molar-refractivity contribution is 7.91. The van der Waals surface area contributed by atoms with Gasteiger partial charge in [-0.2, -0.15) is 0 Å². The third-order valence-electron chi connectivity index (χ3n) is 3.91. The van der Waals surface area contributed by atoms with Crippen LogP contribution in [0.15, 0.2) is 75.2 Å². The van der Waals surface area contributed by atoms with Crippen LogP contribution in [0.2, 0.25) is 0 Å². The molecule has 0 aliphatic rings. The summed E-state index contributed by atoms with van der Waals surface area (Å²) < 4.78 is 33.9. The van der Waals surface area contributed by atoms with Gasteiger partial charge < -0.3 is 4.74 Å². The second kappa shape index (κ2) is 8.49. The van der Waals surface area contributed by atoms with E-state index in [9.17, 15) is 8.42 Å². The fourth-order valence-electron chi connectivity index (χ4n) is 2.83. The van der Waals surface area contributed by atoms with Crippen LogP contribution < -0.4 is 9.46 Å². The fourth-order valence-corrected chi connectivity index (χ4v) is 5.61. The van der Waals surface area contributed by atoms with Gasteiger partial charge in [-0.25, -0.2) is 18.1 Å². The second-order valence-electron chi connectivity index (χ2n) is 7.49. The summed E-state index contributed by atoms with van der Waals surface area (Å²) in [5.41, 5.74) is 2.49. The summed E-state index contributed by atoms with van der Waals surface area (Å²) in [6, 6.07) is 19.6. The zero-order valence-electron chi connectivity index (χ0n) is 16.8. The molecule has 1 N–H and O–H groups in total. The van der Waals surface area contributed by atoms with Crippen LogP contribution in [0.1, 0.15) is 31.9 Å². The number of sulfonamides is 1. The van der Waals surface area contributed by atoms with E-state index in [1.807, 2.05) is 60.7 Å². The highest BCUT2D eigenvalue weighted by atomic mass is 32.2. The first-order chi connectivity index (χ1) is 13.7. The fraction of sp³-hybridized carbons (Fsp3) is 0.227. The smallest absolute Gasteiger partial charge is 0.254 e. The molecule has 0 aliphatic heterocycles. The van der Waals surface area contributed by atoms with Gasteiger partial charge in [-0.3, -0.25) is 0 Å². The number of hydrogen-bond donors (Lipinski definition) is 1. The van der Waals surface area contributed by atoms with Crippen molar-refractivity contribution < 1.29 is 13.2 Å². The minimum Gasteiger partial charge on any atom is -0.492 e. The molecule has 3 aromatic rings. The summed E-state index contributed by atoms with van der Waals surface area (Å²) >= 11 is 1.10. The average molecular weight is 429 g/mol. The molecule has 3 rings (SSSR count). The van der Waals surface area contributed by atoms with E-state index in [1.54, 1.807) is 26.2 Å². The number of nitrogens with one attached hydrogen (secondary N) is 1. The van der Waals surface area contributed by atoms with Crippen molar-refractivity contribution >= 4 is 32.8 Å². The Morgan fingerprint density at radius 1 is 0.966 bits per heavy atom. The summed E-state index contributed by atoms with van der Waals surface area (Å²) in [6.07, 6.45) is 0. The first kappa shape index (κ1) is 21.2. The molecule has 1 aromatic heterocycles. The normalized spacial score (nSPS) is 11.9. The molecule has 0 saturated carbocycles. The van der Waals surface area contributed by atoms with E-state index in [-0.39, 0.29) is 9.96 Å². The Hall–Kier alpha value is -2.48. The van der Waals surface area contributed by atoms with Crippen LogP contribution >= 0.6 is 11.3 Å². The number of methoxy groups -OCH3 is 1. The average Bonchev–Trinajstić information content (AvgIpc) is 3.09. The predicted octanol–water partition coefficient (Wildman–Crippen LogP) is 5.00. The zero-order valence-corrected chi connectivity index (χ0v) is 18.5. The van der Waals surface area contributed by atoms with Gasteiger partial charge in [-0.1, -0.05) is 60.7 Å². The summed E-state index contributed by atoms with van der Waals surface area (Å²) in [5, 5.41) is 1.71. The lowest BCUT2D eigenvalue weighted by Gasteiger charge is -2.20. The Kier molecular flexibility index (Phi) is 6.21. The monoisotopic (exact) mass is 428 g/mol. The standard InChI is InChI=1S/C22H24N2O3S2/c1-22(2,3)24-29(25,26)21-20(27-4)18(15-28-21)23-19(16-11-7-5-8-12-16)17-13-9-6-10-14-17/h5-15,24H,1-4H3. The van der Waals surface area contributed by atoms with Gasteiger partial charge in [-0.05, 0) is 20.8 Å². The number of ether oxygens (including phenoxy) is 1. The molecule has 0 spiro atoms. The molecule has 0 aliphatic carbocycles. The molecule has 29 heavy (non-hydrogen) atoms. The molecule has 2 aromatic carbocycles. The third-order valence-corrected chi connectivity index (χ3v) is 7.15. The third kappa shape index (κ3) is 5.12. The van der Waals surface area contributed by atoms with Crippen molar-refractivity contribution in [3.63, 3.8) is 0 Å². The van der Waals surface area contributed by atoms with Gasteiger partial charge in [-0.15, -0.1) is 11.3 Å². The van der Waals surface area contributed by atoms with Crippen LogP contribution in [-0.4, -0.2) is 26.8 Å². The zero-order chi connectivity index (χ0) is 21.1. The van der Waals surface area contributed by atoms with E-state index in [4.69, 9.17) is 9.73 Å². The molecular weight excluding hydrogens is 404 g/mol. The van der Waals surface area contributed by atoms with Gasteiger partial charge in [0.2, 0.25) is 0 Å². The quantitative estimate of drug-likeness (QED) is 0.562. The van der Waals surface area contributed by atoms with Gasteiger partial charge in [0.1, 0.15) is 5.69 Å². The molecule has 0 unspecified atom stereocenters. The van der Waals surface area contributed by atoms with Crippen molar-refractivity contribution in [2.75, 3.05) is 7.11 Å². The van der Waals surface area contributed by atoms with Crippen LogP contribution in [0.5, 0.6) is 5.75 Å². The van der Waals surface area contributed by atoms with E-state index in [0.29, 0.717) is 5.69 Å². The van der Waals surface area contributed by atoms with E-state index in [2.05, 4.69) is 4.72 Å². The Morgan fingerprint density at radius 3 is 1.93 bits per heavy atom. The number of hydrogen-bond acceptors (Lipinski definition) is 5. The summed E-state index contributed by atoms with van der Waals surface area (Å²) in [5.74, 6) is 0.246. The molecule has 5 nitrogen and oxygen atoms in total. The van der Waals surface area contributed by atoms with Gasteiger partial charge >= 0.3 is 0 Å². The molecule has 0 radical (unpaired) electrons. The van der Waals surface area contributed by atoms with Crippen molar-refractivity contribution in [2.24, 2.45) is 4.99 Å². The first-order valence-corrected chi connectivity index (χ1v) is 11.5. The summed E-state index contributed by atoms with van der Waals surface area (Å²) in [4.78, 5) is 4.81. The highest BCUT2D eigenvalue weighted by Gasteiger charge is 2.29. The topological polar surface area (TPSA) is 67.8 Å². The van der Waals surface area contributed by atoms with Crippen LogP contribution in [0.25, 0.3) is 0 Å². The highest BCUT2D eigenvalue weighted by Crippen LogP contribution is 2.41. The van der Waals surface area contributed by atoms with Crippen LogP contribution in [0.4, 0.5) is 5.69 Å². The van der Waals surface area contributed by atoms with Crippen molar-refractivity contribution in [1.29, 1.82) is 0 Å². The molecule has 152 valence electrons. The largest absolute Gasteiger partial charge is 0.492 e. The van der Waals surface area contributed by atoms with Gasteiger partial charge in [0.25, 0.3) is 10.0 Å². The Bertz CT molecular complexity index is 1060. The van der Waals surface area contributed by atoms with Gasteiger partial charge in [0.05, 0.1) is 12.8 Å². The molecule has 0 atom stereocenters. The van der Waals surface area contributed by atoms with Crippen molar-refractivity contribution in [1.82, 2.24) is 4.72 Å². The van der Waals surface area contributed by atoms with Crippen molar-refractivity contribution in [2.45, 2.75) is 30.5 Å². The van der Waals surface area contributed by atoms with Crippen molar-refractivity contribution in [3.05, 3.63) is 77.2 Å². The Morgan fingerprint density at radius 2 is 1.48 bits per heavy atom. The lowest BCUT2D eigenvalue weighted by atomic mass is 10.0. The number of aliphatic imine (C=N–C) groups is 1. The van der Waals surface area contributed by atoms with E-state index < -0.39 is 15.6 Å². The maximum atomic E-state index is 12.8. The lowest BCUT2D eigenvalue weighted by molar-refractivity contribution is 0.406. The maximum absolute atomic E-state index is 12.8. The number of thiophene rings is 1. The predicted molar refractivity (Wildman–Crippen MR) is 119 cm³/mol. The number of nitrogens with zero attached hydrogens (tertiary/aromatic N) is 1. The molecule has 0 amide bonds. The van der Waals surface area contributed by atoms with Crippen molar-refractivity contribution in [3.8, 4) is 5.75 Å². The van der Waals surface area contributed by atoms with E-state index >= 15 is 0 Å². The second-order valence-corrected chi connectivity index (χ2v) is 10.2.